The summed E-state index contributed by atoms with van der Waals surface area (Å²) in [7, 11) is 0. The fourth-order valence-electron chi connectivity index (χ4n) is 2.88. The number of rotatable bonds is 9. The maximum Gasteiger partial charge on any atom is 0.243 e. The number of carbonyl (C=O) groups is 1. The molecule has 0 aliphatic heterocycles. The molecule has 0 radical (unpaired) electrons. The minimum absolute atomic E-state index is 0.191. The normalized spacial score (nSPS) is 11.2. The van der Waals surface area contributed by atoms with Crippen LogP contribution >= 0.6 is 0 Å². The van der Waals surface area contributed by atoms with Gasteiger partial charge in [-0.15, -0.1) is 0 Å². The van der Waals surface area contributed by atoms with Gasteiger partial charge in [0.2, 0.25) is 17.8 Å². The first-order valence-corrected chi connectivity index (χ1v) is 9.49. The van der Waals surface area contributed by atoms with Gasteiger partial charge in [-0.2, -0.15) is 4.98 Å². The van der Waals surface area contributed by atoms with Crippen molar-refractivity contribution in [1.29, 1.82) is 0 Å². The molecule has 0 saturated carbocycles. The number of carbonyl (C=O) groups excluding carboxylic acids is 1. The Hall–Kier alpha value is -3.34. The zero-order valence-corrected chi connectivity index (χ0v) is 16.5. The van der Waals surface area contributed by atoms with Gasteiger partial charge in [-0.1, -0.05) is 6.42 Å². The molecule has 154 valence electrons. The molecular formula is C18H25N9O2. The van der Waals surface area contributed by atoms with Gasteiger partial charge in [0.15, 0.2) is 5.65 Å². The van der Waals surface area contributed by atoms with Crippen molar-refractivity contribution in [3.63, 3.8) is 0 Å². The Labute approximate surface area is 167 Å². The molecule has 1 amide bonds. The van der Waals surface area contributed by atoms with Crippen LogP contribution in [-0.4, -0.2) is 47.1 Å². The summed E-state index contributed by atoms with van der Waals surface area (Å²) >= 11 is 0. The van der Waals surface area contributed by atoms with Gasteiger partial charge in [0, 0.05) is 37.0 Å². The molecule has 3 aromatic heterocycles. The number of hydroxylamine groups is 1. The molecule has 5 N–H and O–H groups in total. The summed E-state index contributed by atoms with van der Waals surface area (Å²) in [6.45, 7) is 4.77. The van der Waals surface area contributed by atoms with Gasteiger partial charge >= 0.3 is 0 Å². The van der Waals surface area contributed by atoms with Gasteiger partial charge in [-0.3, -0.25) is 10.0 Å². The van der Waals surface area contributed by atoms with Crippen molar-refractivity contribution in [2.24, 2.45) is 0 Å². The smallest absolute Gasteiger partial charge is 0.243 e. The molecule has 0 spiro atoms. The predicted molar refractivity (Wildman–Crippen MR) is 108 cm³/mol. The molecule has 11 heteroatoms. The highest BCUT2D eigenvalue weighted by Gasteiger charge is 2.16. The number of nitrogens with two attached hydrogens (primary N) is 1. The Morgan fingerprint density at radius 3 is 2.62 bits per heavy atom. The average molecular weight is 399 g/mol. The number of imidazole rings is 1. The second kappa shape index (κ2) is 9.24. The molecule has 11 nitrogen and oxygen atoms in total. The molecule has 0 atom stereocenters. The lowest BCUT2D eigenvalue weighted by atomic mass is 10.2. The van der Waals surface area contributed by atoms with E-state index in [9.17, 15) is 4.79 Å². The van der Waals surface area contributed by atoms with Crippen molar-refractivity contribution in [3.8, 4) is 11.3 Å². The first-order valence-electron chi connectivity index (χ1n) is 9.49. The van der Waals surface area contributed by atoms with Crippen LogP contribution in [0.25, 0.3) is 22.4 Å². The Bertz CT molecular complexity index is 969. The molecule has 29 heavy (non-hydrogen) atoms. The van der Waals surface area contributed by atoms with Crippen molar-refractivity contribution in [2.45, 2.75) is 45.6 Å². The van der Waals surface area contributed by atoms with Crippen molar-refractivity contribution in [2.75, 3.05) is 17.6 Å². The minimum atomic E-state index is -0.371. The highest BCUT2D eigenvalue weighted by Crippen LogP contribution is 2.27. The number of nitrogen functional groups attached to an aromatic ring is 1. The van der Waals surface area contributed by atoms with E-state index in [2.05, 4.69) is 44.1 Å². The van der Waals surface area contributed by atoms with Gasteiger partial charge in [0.25, 0.3) is 0 Å². The molecule has 0 aliphatic rings. The third kappa shape index (κ3) is 4.93. The van der Waals surface area contributed by atoms with E-state index in [1.54, 1.807) is 24.2 Å². The zero-order chi connectivity index (χ0) is 20.8. The van der Waals surface area contributed by atoms with E-state index in [1.807, 2.05) is 4.57 Å². The molecule has 0 fully saturated rings. The van der Waals surface area contributed by atoms with Crippen molar-refractivity contribution in [3.05, 3.63) is 18.7 Å². The molecule has 3 heterocycles. The highest BCUT2D eigenvalue weighted by atomic mass is 16.5. The lowest BCUT2D eigenvalue weighted by molar-refractivity contribution is -0.129. The van der Waals surface area contributed by atoms with E-state index in [4.69, 9.17) is 10.9 Å². The van der Waals surface area contributed by atoms with Crippen LogP contribution < -0.4 is 16.5 Å². The van der Waals surface area contributed by atoms with Gasteiger partial charge in [0.1, 0.15) is 11.2 Å². The van der Waals surface area contributed by atoms with E-state index in [-0.39, 0.29) is 17.9 Å². The molecular weight excluding hydrogens is 374 g/mol. The van der Waals surface area contributed by atoms with Crippen LogP contribution in [-0.2, 0) is 4.79 Å². The number of hydrogen-bond acceptors (Lipinski definition) is 9. The van der Waals surface area contributed by atoms with Crippen molar-refractivity contribution in [1.82, 2.24) is 35.0 Å². The topological polar surface area (TPSA) is 157 Å². The number of unbranched alkanes of at least 4 members (excludes halogenated alkanes) is 2. The summed E-state index contributed by atoms with van der Waals surface area (Å²) in [6, 6.07) is 0.191. The highest BCUT2D eigenvalue weighted by molar-refractivity contribution is 5.88. The SMILES string of the molecule is CC(C)n1cnc2c(-c3cnc(N)nc3)nc(NCCCCCC(=O)NO)nc21. The molecule has 0 saturated heterocycles. The Kier molecular flexibility index (Phi) is 6.50. The monoisotopic (exact) mass is 399 g/mol. The maximum absolute atomic E-state index is 11.0. The molecule has 0 aliphatic carbocycles. The first-order chi connectivity index (χ1) is 14.0. The van der Waals surface area contributed by atoms with Crippen molar-refractivity contribution < 1.29 is 10.0 Å². The molecule has 0 unspecified atom stereocenters. The maximum atomic E-state index is 11.0. The fourth-order valence-corrected chi connectivity index (χ4v) is 2.88. The Balaban J connectivity index is 1.79. The zero-order valence-electron chi connectivity index (χ0n) is 16.5. The van der Waals surface area contributed by atoms with Gasteiger partial charge in [-0.25, -0.2) is 25.4 Å². The van der Waals surface area contributed by atoms with Crippen LogP contribution in [0, 0.1) is 0 Å². The molecule has 0 aromatic carbocycles. The molecule has 3 rings (SSSR count). The molecule has 3 aromatic rings. The number of fused-ring (bicyclic) bond motifs is 1. The van der Waals surface area contributed by atoms with Gasteiger partial charge in [-0.05, 0) is 26.7 Å². The summed E-state index contributed by atoms with van der Waals surface area (Å²) in [4.78, 5) is 32.9. The van der Waals surface area contributed by atoms with E-state index >= 15 is 0 Å². The second-order valence-electron chi connectivity index (χ2n) is 6.92. The minimum Gasteiger partial charge on any atom is -0.368 e. The number of hydrogen-bond donors (Lipinski definition) is 4. The van der Waals surface area contributed by atoms with Crippen LogP contribution in [0.5, 0.6) is 0 Å². The lowest BCUT2D eigenvalue weighted by Gasteiger charge is -2.11. The van der Waals surface area contributed by atoms with Crippen LogP contribution in [0.3, 0.4) is 0 Å². The largest absolute Gasteiger partial charge is 0.368 e. The third-order valence-corrected chi connectivity index (χ3v) is 4.41. The summed E-state index contributed by atoms with van der Waals surface area (Å²) in [6.07, 6.45) is 7.66. The van der Waals surface area contributed by atoms with Crippen molar-refractivity contribution >= 4 is 29.0 Å². The standard InChI is InChI=1S/C18H25N9O2/c1-11(2)27-10-23-15-14(12-8-21-17(19)22-9-12)24-18(25-16(15)27)20-7-5-3-4-6-13(28)26-29/h8-11,29H,3-7H2,1-2H3,(H,26,28)(H2,19,21,22)(H,20,24,25). The van der Waals surface area contributed by atoms with E-state index < -0.39 is 0 Å². The number of anilines is 2. The number of amides is 1. The summed E-state index contributed by atoms with van der Waals surface area (Å²) in [5, 5.41) is 11.7. The van der Waals surface area contributed by atoms with Crippen LogP contribution in [0.4, 0.5) is 11.9 Å². The van der Waals surface area contributed by atoms with Crippen LogP contribution in [0.15, 0.2) is 18.7 Å². The fraction of sp³-hybridized carbons (Fsp3) is 0.444. The first kappa shape index (κ1) is 20.4. The van der Waals surface area contributed by atoms with Gasteiger partial charge in [0.05, 0.1) is 6.33 Å². The number of nitrogens with one attached hydrogen (secondary N) is 2. The van der Waals surface area contributed by atoms with Crippen LogP contribution in [0.1, 0.15) is 45.6 Å². The average Bonchev–Trinajstić information content (AvgIpc) is 3.14. The van der Waals surface area contributed by atoms with E-state index in [0.29, 0.717) is 42.1 Å². The quantitative estimate of drug-likeness (QED) is 0.240. The summed E-state index contributed by atoms with van der Waals surface area (Å²) < 4.78 is 1.98. The Morgan fingerprint density at radius 1 is 1.17 bits per heavy atom. The summed E-state index contributed by atoms with van der Waals surface area (Å²) in [5.41, 5.74) is 9.98. The number of aromatic nitrogens is 6. The van der Waals surface area contributed by atoms with E-state index in [0.717, 1.165) is 18.5 Å². The van der Waals surface area contributed by atoms with E-state index in [1.165, 1.54) is 0 Å². The number of nitrogens with zero attached hydrogens (tertiary/aromatic N) is 6. The second-order valence-corrected chi connectivity index (χ2v) is 6.92. The van der Waals surface area contributed by atoms with Gasteiger partial charge < -0.3 is 15.6 Å². The van der Waals surface area contributed by atoms with Crippen LogP contribution in [0.2, 0.25) is 0 Å². The summed E-state index contributed by atoms with van der Waals surface area (Å²) in [5.74, 6) is 0.309. The third-order valence-electron chi connectivity index (χ3n) is 4.41. The predicted octanol–water partition coefficient (Wildman–Crippen LogP) is 1.92. The Morgan fingerprint density at radius 2 is 1.93 bits per heavy atom. The lowest BCUT2D eigenvalue weighted by Crippen LogP contribution is -2.17. The molecule has 0 bridgehead atoms.